The molecular weight excluding hydrogens is 333 g/mol. The number of benzene rings is 2. The van der Waals surface area contributed by atoms with Crippen LogP contribution in [0.4, 0.5) is 5.69 Å². The third kappa shape index (κ3) is 4.03. The first-order valence-corrected chi connectivity index (χ1v) is 8.40. The largest absolute Gasteiger partial charge is 0.495 e. The Bertz CT molecular complexity index is 727. The number of sulfonamides is 1. The first-order chi connectivity index (χ1) is 9.93. The zero-order chi connectivity index (χ0) is 15.5. The van der Waals surface area contributed by atoms with Gasteiger partial charge >= 0.3 is 0 Å². The van der Waals surface area contributed by atoms with E-state index in [1.165, 1.54) is 7.11 Å². The Morgan fingerprint density at radius 3 is 2.29 bits per heavy atom. The summed E-state index contributed by atoms with van der Waals surface area (Å²) in [7, 11) is -2.19. The molecule has 2 aromatic rings. The second kappa shape index (κ2) is 6.56. The van der Waals surface area contributed by atoms with Crippen LogP contribution in [-0.2, 0) is 15.8 Å². The number of anilines is 1. The number of ether oxygens (including phenoxy) is 1. The smallest absolute Gasteiger partial charge is 0.237 e. The molecule has 0 spiro atoms. The predicted molar refractivity (Wildman–Crippen MR) is 85.7 cm³/mol. The summed E-state index contributed by atoms with van der Waals surface area (Å²) >= 11 is 12.0. The summed E-state index contributed by atoms with van der Waals surface area (Å²) in [5, 5.41) is 0.626. The van der Waals surface area contributed by atoms with E-state index >= 15 is 0 Å². The van der Waals surface area contributed by atoms with Crippen LogP contribution >= 0.6 is 23.2 Å². The van der Waals surface area contributed by atoms with E-state index in [-0.39, 0.29) is 5.75 Å². The van der Waals surface area contributed by atoms with Gasteiger partial charge < -0.3 is 4.74 Å². The quantitative estimate of drug-likeness (QED) is 0.892. The monoisotopic (exact) mass is 345 g/mol. The van der Waals surface area contributed by atoms with Gasteiger partial charge in [0.1, 0.15) is 5.75 Å². The molecule has 0 aliphatic rings. The van der Waals surface area contributed by atoms with Gasteiger partial charge in [0.25, 0.3) is 0 Å². The van der Waals surface area contributed by atoms with Gasteiger partial charge in [0.2, 0.25) is 10.0 Å². The second-order valence-electron chi connectivity index (χ2n) is 4.26. The lowest BCUT2D eigenvalue weighted by molar-refractivity contribution is 0.417. The van der Waals surface area contributed by atoms with E-state index in [1.54, 1.807) is 42.5 Å². The summed E-state index contributed by atoms with van der Waals surface area (Å²) in [5.74, 6) is 0.120. The van der Waals surface area contributed by atoms with Gasteiger partial charge in [0.05, 0.1) is 18.6 Å². The van der Waals surface area contributed by atoms with Crippen molar-refractivity contribution in [3.05, 3.63) is 58.1 Å². The number of rotatable bonds is 5. The van der Waals surface area contributed by atoms with Gasteiger partial charge in [-0.2, -0.15) is 0 Å². The molecule has 7 heteroatoms. The van der Waals surface area contributed by atoms with Crippen LogP contribution in [0.2, 0.25) is 10.0 Å². The molecule has 1 N–H and O–H groups in total. The fraction of sp³-hybridized carbons (Fsp3) is 0.143. The minimum Gasteiger partial charge on any atom is -0.495 e. The van der Waals surface area contributed by atoms with Crippen molar-refractivity contribution in [3.8, 4) is 5.75 Å². The van der Waals surface area contributed by atoms with Crippen LogP contribution in [0.15, 0.2) is 42.5 Å². The lowest BCUT2D eigenvalue weighted by atomic mass is 10.2. The molecule has 21 heavy (non-hydrogen) atoms. The van der Waals surface area contributed by atoms with Crippen molar-refractivity contribution >= 4 is 38.9 Å². The van der Waals surface area contributed by atoms with E-state index in [0.717, 1.165) is 0 Å². The molecule has 0 fully saturated rings. The molecule has 0 saturated heterocycles. The van der Waals surface area contributed by atoms with Crippen molar-refractivity contribution in [3.63, 3.8) is 0 Å². The number of methoxy groups -OCH3 is 1. The van der Waals surface area contributed by atoms with E-state index in [4.69, 9.17) is 27.9 Å². The van der Waals surface area contributed by atoms with E-state index in [0.29, 0.717) is 27.0 Å². The van der Waals surface area contributed by atoms with Gasteiger partial charge in [-0.3, -0.25) is 4.72 Å². The van der Waals surface area contributed by atoms with Crippen molar-refractivity contribution in [1.29, 1.82) is 0 Å². The van der Waals surface area contributed by atoms with E-state index in [2.05, 4.69) is 4.72 Å². The maximum Gasteiger partial charge on any atom is 0.237 e. The number of nitrogens with one attached hydrogen (secondary N) is 1. The highest BCUT2D eigenvalue weighted by Gasteiger charge is 2.18. The Kier molecular flexibility index (Phi) is 4.98. The molecule has 0 aromatic heterocycles. The number of para-hydroxylation sites is 2. The first kappa shape index (κ1) is 15.9. The average molecular weight is 346 g/mol. The fourth-order valence-corrected chi connectivity index (χ4v) is 3.75. The Hall–Kier alpha value is -1.43. The summed E-state index contributed by atoms with van der Waals surface area (Å²) in [5.41, 5.74) is 0.728. The highest BCUT2D eigenvalue weighted by Crippen LogP contribution is 2.29. The van der Waals surface area contributed by atoms with Gasteiger partial charge in [0, 0.05) is 15.6 Å². The summed E-state index contributed by atoms with van der Waals surface area (Å²) in [6.07, 6.45) is 0. The van der Waals surface area contributed by atoms with Crippen molar-refractivity contribution in [2.24, 2.45) is 0 Å². The molecule has 2 aromatic carbocycles. The Balaban J connectivity index is 2.27. The zero-order valence-corrected chi connectivity index (χ0v) is 13.5. The maximum absolute atomic E-state index is 12.3. The van der Waals surface area contributed by atoms with Crippen LogP contribution in [0.1, 0.15) is 5.56 Å². The Morgan fingerprint density at radius 2 is 1.67 bits per heavy atom. The lowest BCUT2D eigenvalue weighted by Gasteiger charge is -2.12. The lowest BCUT2D eigenvalue weighted by Crippen LogP contribution is -2.16. The van der Waals surface area contributed by atoms with Crippen LogP contribution in [0.3, 0.4) is 0 Å². The van der Waals surface area contributed by atoms with Gasteiger partial charge in [0.15, 0.2) is 0 Å². The van der Waals surface area contributed by atoms with Crippen LogP contribution < -0.4 is 9.46 Å². The fourth-order valence-electron chi connectivity index (χ4n) is 1.79. The summed E-state index contributed by atoms with van der Waals surface area (Å²) in [6, 6.07) is 11.6. The SMILES string of the molecule is COc1ccccc1NS(=O)(=O)Cc1c(Cl)cccc1Cl. The third-order valence-electron chi connectivity index (χ3n) is 2.77. The molecule has 0 amide bonds. The second-order valence-corrected chi connectivity index (χ2v) is 6.80. The topological polar surface area (TPSA) is 55.4 Å². The third-order valence-corrected chi connectivity index (χ3v) is 4.68. The summed E-state index contributed by atoms with van der Waals surface area (Å²) in [6.45, 7) is 0. The van der Waals surface area contributed by atoms with Crippen LogP contribution in [0.5, 0.6) is 5.75 Å². The minimum absolute atomic E-state index is 0.313. The highest BCUT2D eigenvalue weighted by molar-refractivity contribution is 7.91. The van der Waals surface area contributed by atoms with E-state index in [9.17, 15) is 8.42 Å². The molecule has 2 rings (SSSR count). The van der Waals surface area contributed by atoms with Crippen molar-refractivity contribution < 1.29 is 13.2 Å². The number of hydrogen-bond acceptors (Lipinski definition) is 3. The molecule has 0 bridgehead atoms. The highest BCUT2D eigenvalue weighted by atomic mass is 35.5. The van der Waals surface area contributed by atoms with E-state index < -0.39 is 10.0 Å². The van der Waals surface area contributed by atoms with Crippen LogP contribution in [0, 0.1) is 0 Å². The predicted octanol–water partition coefficient (Wildman–Crippen LogP) is 3.94. The summed E-state index contributed by atoms with van der Waals surface area (Å²) in [4.78, 5) is 0. The van der Waals surface area contributed by atoms with Crippen molar-refractivity contribution in [2.45, 2.75) is 5.75 Å². The van der Waals surface area contributed by atoms with Gasteiger partial charge in [-0.25, -0.2) is 8.42 Å². The standard InChI is InChI=1S/C14H13Cl2NO3S/c1-20-14-8-3-2-7-13(14)17-21(18,19)9-10-11(15)5-4-6-12(10)16/h2-8,17H,9H2,1H3. The maximum atomic E-state index is 12.3. The molecule has 0 unspecified atom stereocenters. The van der Waals surface area contributed by atoms with Crippen molar-refractivity contribution in [1.82, 2.24) is 0 Å². The normalized spacial score (nSPS) is 11.2. The molecular formula is C14H13Cl2NO3S. The Labute approximate surface area is 133 Å². The molecule has 0 atom stereocenters. The average Bonchev–Trinajstić information content (AvgIpc) is 2.43. The molecule has 0 radical (unpaired) electrons. The minimum atomic E-state index is -3.66. The van der Waals surface area contributed by atoms with Gasteiger partial charge in [-0.05, 0) is 24.3 Å². The number of halogens is 2. The van der Waals surface area contributed by atoms with Crippen LogP contribution in [0.25, 0.3) is 0 Å². The molecule has 0 heterocycles. The Morgan fingerprint density at radius 1 is 1.05 bits per heavy atom. The van der Waals surface area contributed by atoms with Gasteiger partial charge in [-0.15, -0.1) is 0 Å². The van der Waals surface area contributed by atoms with Crippen molar-refractivity contribution in [2.75, 3.05) is 11.8 Å². The molecule has 0 saturated carbocycles. The zero-order valence-electron chi connectivity index (χ0n) is 11.1. The molecule has 112 valence electrons. The summed E-state index contributed by atoms with van der Waals surface area (Å²) < 4.78 is 32.1. The van der Waals surface area contributed by atoms with Crippen LogP contribution in [-0.4, -0.2) is 15.5 Å². The first-order valence-electron chi connectivity index (χ1n) is 5.99. The van der Waals surface area contributed by atoms with Gasteiger partial charge in [-0.1, -0.05) is 41.4 Å². The number of hydrogen-bond donors (Lipinski definition) is 1. The molecule has 0 aliphatic carbocycles. The molecule has 0 aliphatic heterocycles. The van der Waals surface area contributed by atoms with E-state index in [1.807, 2.05) is 0 Å². The molecule has 4 nitrogen and oxygen atoms in total.